The van der Waals surface area contributed by atoms with Crippen molar-refractivity contribution >= 4 is 11.6 Å². The summed E-state index contributed by atoms with van der Waals surface area (Å²) in [5.74, 6) is -0.244. The molecule has 0 bridgehead atoms. The fraction of sp³-hybridized carbons (Fsp3) is 0.364. The van der Waals surface area contributed by atoms with Gasteiger partial charge in [-0.25, -0.2) is 0 Å². The molecule has 5 nitrogen and oxygen atoms in total. The summed E-state index contributed by atoms with van der Waals surface area (Å²) in [5.41, 5.74) is 11.6. The second-order valence-corrected chi connectivity index (χ2v) is 3.47. The summed E-state index contributed by atoms with van der Waals surface area (Å²) in [5, 5.41) is 0. The van der Waals surface area contributed by atoms with Crippen molar-refractivity contribution in [1.82, 2.24) is 0 Å². The summed E-state index contributed by atoms with van der Waals surface area (Å²) in [7, 11) is 1.57. The lowest BCUT2D eigenvalue weighted by Gasteiger charge is -2.17. The number of hydrogen-bond acceptors (Lipinski definition) is 4. The van der Waals surface area contributed by atoms with E-state index >= 15 is 0 Å². The Kier molecular flexibility index (Phi) is 4.13. The van der Waals surface area contributed by atoms with Gasteiger partial charge < -0.3 is 20.9 Å². The molecule has 0 aromatic heterocycles. The third kappa shape index (κ3) is 2.87. The zero-order valence-electron chi connectivity index (χ0n) is 9.40. The molecule has 16 heavy (non-hydrogen) atoms. The number of methoxy groups -OCH3 is 1. The first-order valence-corrected chi connectivity index (χ1v) is 4.90. The molecule has 0 heterocycles. The van der Waals surface area contributed by atoms with Gasteiger partial charge >= 0.3 is 0 Å². The van der Waals surface area contributed by atoms with Gasteiger partial charge in [0.1, 0.15) is 6.10 Å². The Morgan fingerprint density at radius 3 is 2.75 bits per heavy atom. The summed E-state index contributed by atoms with van der Waals surface area (Å²) < 4.78 is 10.5. The largest absolute Gasteiger partial charge is 0.485 e. The van der Waals surface area contributed by atoms with Crippen LogP contribution < -0.4 is 16.2 Å². The summed E-state index contributed by atoms with van der Waals surface area (Å²) in [4.78, 5) is 11.2. The molecule has 1 aromatic rings. The number of carbonyl (C=O) groups is 1. The highest BCUT2D eigenvalue weighted by atomic mass is 16.5. The lowest BCUT2D eigenvalue weighted by Crippen LogP contribution is -2.21. The second kappa shape index (κ2) is 5.37. The highest BCUT2D eigenvalue weighted by molar-refractivity contribution is 5.97. The lowest BCUT2D eigenvalue weighted by molar-refractivity contribution is 0.0890. The molecule has 0 saturated carbocycles. The molecule has 1 aromatic carbocycles. The van der Waals surface area contributed by atoms with E-state index in [0.29, 0.717) is 18.0 Å². The summed E-state index contributed by atoms with van der Waals surface area (Å²) >= 11 is 0. The quantitative estimate of drug-likeness (QED) is 0.723. The van der Waals surface area contributed by atoms with Crippen molar-refractivity contribution in [3.63, 3.8) is 0 Å². The van der Waals surface area contributed by atoms with Crippen LogP contribution in [0.1, 0.15) is 17.3 Å². The van der Waals surface area contributed by atoms with Gasteiger partial charge in [0.25, 0.3) is 5.91 Å². The van der Waals surface area contributed by atoms with Crippen LogP contribution in [0.25, 0.3) is 0 Å². The minimum Gasteiger partial charge on any atom is -0.485 e. The van der Waals surface area contributed by atoms with E-state index in [1.165, 1.54) is 0 Å². The standard InChI is InChI=1S/C11H16N2O3/c1-7(6-15-2)16-10-8(11(13)14)4-3-5-9(10)12/h3-5,7H,6,12H2,1-2H3,(H2,13,14). The number of para-hydroxylation sites is 1. The molecule has 1 amide bonds. The van der Waals surface area contributed by atoms with E-state index < -0.39 is 5.91 Å². The zero-order chi connectivity index (χ0) is 12.1. The molecule has 0 aliphatic rings. The molecule has 1 rings (SSSR count). The van der Waals surface area contributed by atoms with E-state index in [9.17, 15) is 4.79 Å². The van der Waals surface area contributed by atoms with E-state index in [0.717, 1.165) is 0 Å². The predicted octanol–water partition coefficient (Wildman–Crippen LogP) is 0.781. The van der Waals surface area contributed by atoms with Crippen LogP contribution in [0, 0.1) is 0 Å². The van der Waals surface area contributed by atoms with Gasteiger partial charge in [-0.2, -0.15) is 0 Å². The number of amides is 1. The molecule has 88 valence electrons. The van der Waals surface area contributed by atoms with Crippen molar-refractivity contribution in [2.24, 2.45) is 5.73 Å². The number of primary amides is 1. The Morgan fingerprint density at radius 1 is 1.50 bits per heavy atom. The number of rotatable bonds is 5. The Balaban J connectivity index is 2.97. The van der Waals surface area contributed by atoms with Gasteiger partial charge in [-0.05, 0) is 19.1 Å². The average Bonchev–Trinajstić information content (AvgIpc) is 2.21. The van der Waals surface area contributed by atoms with Crippen molar-refractivity contribution < 1.29 is 14.3 Å². The van der Waals surface area contributed by atoms with E-state index in [1.807, 2.05) is 6.92 Å². The average molecular weight is 224 g/mol. The predicted molar refractivity (Wildman–Crippen MR) is 61.3 cm³/mol. The molecule has 0 aliphatic heterocycles. The Hall–Kier alpha value is -1.75. The monoisotopic (exact) mass is 224 g/mol. The van der Waals surface area contributed by atoms with Crippen LogP contribution in [0.5, 0.6) is 5.75 Å². The fourth-order valence-corrected chi connectivity index (χ4v) is 1.35. The van der Waals surface area contributed by atoms with Crippen LogP contribution in [0.3, 0.4) is 0 Å². The van der Waals surface area contributed by atoms with Crippen molar-refractivity contribution in [2.75, 3.05) is 19.5 Å². The number of nitrogens with two attached hydrogens (primary N) is 2. The molecule has 1 atom stereocenters. The van der Waals surface area contributed by atoms with Crippen LogP contribution in [0.15, 0.2) is 18.2 Å². The topological polar surface area (TPSA) is 87.6 Å². The van der Waals surface area contributed by atoms with Crippen LogP contribution in [-0.2, 0) is 4.74 Å². The third-order valence-electron chi connectivity index (χ3n) is 2.03. The highest BCUT2D eigenvalue weighted by Gasteiger charge is 2.14. The van der Waals surface area contributed by atoms with Crippen molar-refractivity contribution in [1.29, 1.82) is 0 Å². The first-order valence-electron chi connectivity index (χ1n) is 4.90. The van der Waals surface area contributed by atoms with Crippen LogP contribution in [-0.4, -0.2) is 25.7 Å². The van der Waals surface area contributed by atoms with E-state index in [4.69, 9.17) is 20.9 Å². The van der Waals surface area contributed by atoms with Gasteiger partial charge in [0, 0.05) is 7.11 Å². The van der Waals surface area contributed by atoms with Crippen molar-refractivity contribution in [2.45, 2.75) is 13.0 Å². The summed E-state index contributed by atoms with van der Waals surface area (Å²) in [6, 6.07) is 4.89. The van der Waals surface area contributed by atoms with Crippen molar-refractivity contribution in [3.05, 3.63) is 23.8 Å². The number of ether oxygens (including phenoxy) is 2. The van der Waals surface area contributed by atoms with E-state index in [2.05, 4.69) is 0 Å². The minimum atomic E-state index is -0.563. The van der Waals surface area contributed by atoms with Gasteiger partial charge in [-0.1, -0.05) is 6.07 Å². The smallest absolute Gasteiger partial charge is 0.252 e. The Morgan fingerprint density at radius 2 is 2.19 bits per heavy atom. The number of benzene rings is 1. The van der Waals surface area contributed by atoms with Crippen LogP contribution in [0.4, 0.5) is 5.69 Å². The van der Waals surface area contributed by atoms with Crippen LogP contribution in [0.2, 0.25) is 0 Å². The molecule has 4 N–H and O–H groups in total. The number of hydrogen-bond donors (Lipinski definition) is 2. The second-order valence-electron chi connectivity index (χ2n) is 3.47. The maximum absolute atomic E-state index is 11.2. The number of nitrogen functional groups attached to an aromatic ring is 1. The molecule has 0 spiro atoms. The molecule has 0 fully saturated rings. The normalized spacial score (nSPS) is 12.1. The molecule has 0 aliphatic carbocycles. The summed E-state index contributed by atoms with van der Waals surface area (Å²) in [6.07, 6.45) is -0.201. The third-order valence-corrected chi connectivity index (χ3v) is 2.03. The molecule has 0 saturated heterocycles. The van der Waals surface area contributed by atoms with Gasteiger partial charge in [0.2, 0.25) is 0 Å². The van der Waals surface area contributed by atoms with Gasteiger partial charge in [-0.15, -0.1) is 0 Å². The number of anilines is 1. The fourth-order valence-electron chi connectivity index (χ4n) is 1.35. The van der Waals surface area contributed by atoms with E-state index in [1.54, 1.807) is 25.3 Å². The molecule has 5 heteroatoms. The Bertz CT molecular complexity index is 379. The van der Waals surface area contributed by atoms with Crippen molar-refractivity contribution in [3.8, 4) is 5.75 Å². The maximum Gasteiger partial charge on any atom is 0.252 e. The zero-order valence-corrected chi connectivity index (χ0v) is 9.40. The van der Waals surface area contributed by atoms with Gasteiger partial charge in [0.15, 0.2) is 5.75 Å². The minimum absolute atomic E-state index is 0.201. The summed E-state index contributed by atoms with van der Waals surface area (Å²) in [6.45, 7) is 2.23. The van der Waals surface area contributed by atoms with Gasteiger partial charge in [0.05, 0.1) is 17.9 Å². The molecular formula is C11H16N2O3. The highest BCUT2D eigenvalue weighted by Crippen LogP contribution is 2.27. The van der Waals surface area contributed by atoms with Crippen LogP contribution >= 0.6 is 0 Å². The lowest BCUT2D eigenvalue weighted by atomic mass is 10.1. The Labute approximate surface area is 94.3 Å². The maximum atomic E-state index is 11.2. The molecule has 1 unspecified atom stereocenters. The molecular weight excluding hydrogens is 208 g/mol. The SMILES string of the molecule is COCC(C)Oc1c(N)cccc1C(N)=O. The van der Waals surface area contributed by atoms with E-state index in [-0.39, 0.29) is 11.7 Å². The van der Waals surface area contributed by atoms with Gasteiger partial charge in [-0.3, -0.25) is 4.79 Å². The molecule has 0 radical (unpaired) electrons. The first kappa shape index (κ1) is 12.3. The first-order chi connectivity index (χ1) is 7.56. The number of carbonyl (C=O) groups excluding carboxylic acids is 1.